The first-order valence-corrected chi connectivity index (χ1v) is 9.24. The van der Waals surface area contributed by atoms with Crippen molar-refractivity contribution in [2.45, 2.75) is 33.1 Å². The minimum Gasteiger partial charge on any atom is -0.334 e. The van der Waals surface area contributed by atoms with Crippen LogP contribution in [-0.4, -0.2) is 29.8 Å². The Labute approximate surface area is 155 Å². The number of carbonyl (C=O) groups excluding carboxylic acids is 2. The van der Waals surface area contributed by atoms with Gasteiger partial charge in [-0.3, -0.25) is 9.59 Å². The fraction of sp³-hybridized carbons (Fsp3) is 0.364. The van der Waals surface area contributed by atoms with Crippen molar-refractivity contribution in [3.05, 3.63) is 65.2 Å². The molecule has 0 unspecified atom stereocenters. The van der Waals surface area contributed by atoms with Crippen LogP contribution in [0.15, 0.2) is 48.5 Å². The number of aryl methyl sites for hydroxylation is 2. The lowest BCUT2D eigenvalue weighted by atomic mass is 9.90. The number of hydrogen-bond acceptors (Lipinski definition) is 2. The van der Waals surface area contributed by atoms with Crippen LogP contribution in [0.2, 0.25) is 0 Å². The first-order valence-electron chi connectivity index (χ1n) is 9.24. The monoisotopic (exact) mass is 350 g/mol. The molecule has 2 aromatic rings. The third-order valence-electron chi connectivity index (χ3n) is 5.09. The average molecular weight is 350 g/mol. The van der Waals surface area contributed by atoms with Gasteiger partial charge in [0, 0.05) is 18.8 Å². The van der Waals surface area contributed by atoms with Crippen LogP contribution in [0.4, 0.5) is 5.69 Å². The lowest BCUT2D eigenvalue weighted by molar-refractivity contribution is -0.144. The van der Waals surface area contributed by atoms with Crippen molar-refractivity contribution < 1.29 is 9.59 Å². The second-order valence-corrected chi connectivity index (χ2v) is 7.20. The number of likely N-dealkylation sites (tertiary alicyclic amines) is 1. The SMILES string of the molecule is Cc1ccc(NC(=O)C(=O)N2CCC(Cc3ccccc3)CC2)c(C)c1. The molecule has 0 saturated carbocycles. The highest BCUT2D eigenvalue weighted by molar-refractivity contribution is 6.39. The second kappa shape index (κ2) is 8.17. The summed E-state index contributed by atoms with van der Waals surface area (Å²) in [5.41, 5.74) is 4.14. The molecule has 1 heterocycles. The van der Waals surface area contributed by atoms with Gasteiger partial charge in [0.25, 0.3) is 0 Å². The Hall–Kier alpha value is -2.62. The second-order valence-electron chi connectivity index (χ2n) is 7.20. The number of carbonyl (C=O) groups is 2. The van der Waals surface area contributed by atoms with Crippen molar-refractivity contribution in [3.8, 4) is 0 Å². The highest BCUT2D eigenvalue weighted by Crippen LogP contribution is 2.22. The molecule has 1 saturated heterocycles. The first-order chi connectivity index (χ1) is 12.5. The van der Waals surface area contributed by atoms with Gasteiger partial charge in [0.1, 0.15) is 0 Å². The molecule has 1 aliphatic rings. The number of nitrogens with one attached hydrogen (secondary N) is 1. The van der Waals surface area contributed by atoms with Gasteiger partial charge in [-0.05, 0) is 56.2 Å². The standard InChI is InChI=1S/C22H26N2O2/c1-16-8-9-20(17(2)14-16)23-21(25)22(26)24-12-10-19(11-13-24)15-18-6-4-3-5-7-18/h3-9,14,19H,10-13,15H2,1-2H3,(H,23,25). The minimum absolute atomic E-state index is 0.428. The number of nitrogens with zero attached hydrogens (tertiary/aromatic N) is 1. The molecule has 136 valence electrons. The molecule has 0 aliphatic carbocycles. The van der Waals surface area contributed by atoms with Crippen molar-refractivity contribution in [2.24, 2.45) is 5.92 Å². The Kier molecular flexibility index (Phi) is 5.71. The molecule has 26 heavy (non-hydrogen) atoms. The molecule has 0 spiro atoms. The zero-order valence-corrected chi connectivity index (χ0v) is 15.5. The van der Waals surface area contributed by atoms with Crippen molar-refractivity contribution in [2.75, 3.05) is 18.4 Å². The molecule has 0 bridgehead atoms. The van der Waals surface area contributed by atoms with E-state index in [2.05, 4.69) is 29.6 Å². The lowest BCUT2D eigenvalue weighted by Gasteiger charge is -2.31. The van der Waals surface area contributed by atoms with Crippen LogP contribution in [0.3, 0.4) is 0 Å². The van der Waals surface area contributed by atoms with E-state index in [1.165, 1.54) is 5.56 Å². The molecule has 2 amide bonds. The summed E-state index contributed by atoms with van der Waals surface area (Å²) in [5.74, 6) is -0.398. The van der Waals surface area contributed by atoms with Gasteiger partial charge in [0.15, 0.2) is 0 Å². The molecule has 1 N–H and O–H groups in total. The largest absolute Gasteiger partial charge is 0.334 e. The van der Waals surface area contributed by atoms with Gasteiger partial charge in [0.2, 0.25) is 0 Å². The van der Waals surface area contributed by atoms with Crippen LogP contribution in [-0.2, 0) is 16.0 Å². The molecule has 4 nitrogen and oxygen atoms in total. The van der Waals surface area contributed by atoms with E-state index in [4.69, 9.17) is 0 Å². The van der Waals surface area contributed by atoms with Crippen LogP contribution in [0, 0.1) is 19.8 Å². The van der Waals surface area contributed by atoms with E-state index in [0.717, 1.165) is 30.4 Å². The number of rotatable bonds is 3. The molecule has 2 aromatic carbocycles. The quantitative estimate of drug-likeness (QED) is 0.858. The van der Waals surface area contributed by atoms with E-state index in [1.807, 2.05) is 38.1 Å². The molecule has 1 fully saturated rings. The number of hydrogen-bond donors (Lipinski definition) is 1. The molecule has 3 rings (SSSR count). The van der Waals surface area contributed by atoms with Crippen LogP contribution >= 0.6 is 0 Å². The van der Waals surface area contributed by atoms with Gasteiger partial charge in [0.05, 0.1) is 0 Å². The summed E-state index contributed by atoms with van der Waals surface area (Å²) < 4.78 is 0. The summed E-state index contributed by atoms with van der Waals surface area (Å²) in [6, 6.07) is 16.2. The van der Waals surface area contributed by atoms with Crippen molar-refractivity contribution >= 4 is 17.5 Å². The molecule has 1 aliphatic heterocycles. The highest BCUT2D eigenvalue weighted by Gasteiger charge is 2.27. The van der Waals surface area contributed by atoms with Gasteiger partial charge in [-0.1, -0.05) is 48.0 Å². The Morgan fingerprint density at radius 1 is 1.04 bits per heavy atom. The van der Waals surface area contributed by atoms with Crippen LogP contribution < -0.4 is 5.32 Å². The van der Waals surface area contributed by atoms with Crippen molar-refractivity contribution in [3.63, 3.8) is 0 Å². The first kappa shape index (κ1) is 18.2. The highest BCUT2D eigenvalue weighted by atomic mass is 16.2. The van der Waals surface area contributed by atoms with Crippen molar-refractivity contribution in [1.82, 2.24) is 4.90 Å². The molecular formula is C22H26N2O2. The fourth-order valence-corrected chi connectivity index (χ4v) is 3.56. The summed E-state index contributed by atoms with van der Waals surface area (Å²) >= 11 is 0. The van der Waals surface area contributed by atoms with Gasteiger partial charge < -0.3 is 10.2 Å². The Morgan fingerprint density at radius 3 is 2.38 bits per heavy atom. The van der Waals surface area contributed by atoms with E-state index in [0.29, 0.717) is 24.7 Å². The number of benzene rings is 2. The average Bonchev–Trinajstić information content (AvgIpc) is 2.65. The molecule has 0 aromatic heterocycles. The number of amides is 2. The third kappa shape index (κ3) is 4.51. The number of piperidine rings is 1. The topological polar surface area (TPSA) is 49.4 Å². The zero-order chi connectivity index (χ0) is 18.5. The Bertz CT molecular complexity index is 778. The van der Waals surface area contributed by atoms with Crippen LogP contribution in [0.25, 0.3) is 0 Å². The van der Waals surface area contributed by atoms with Gasteiger partial charge in [-0.15, -0.1) is 0 Å². The Morgan fingerprint density at radius 2 is 1.73 bits per heavy atom. The summed E-state index contributed by atoms with van der Waals surface area (Å²) in [5, 5.41) is 2.76. The van der Waals surface area contributed by atoms with Gasteiger partial charge in [-0.25, -0.2) is 0 Å². The summed E-state index contributed by atoms with van der Waals surface area (Å²) in [6.45, 7) is 5.23. The van der Waals surface area contributed by atoms with Crippen LogP contribution in [0.1, 0.15) is 29.5 Å². The predicted molar refractivity (Wildman–Crippen MR) is 104 cm³/mol. The van der Waals surface area contributed by atoms with Crippen LogP contribution in [0.5, 0.6) is 0 Å². The smallest absolute Gasteiger partial charge is 0.313 e. The van der Waals surface area contributed by atoms with E-state index in [1.54, 1.807) is 4.90 Å². The fourth-order valence-electron chi connectivity index (χ4n) is 3.56. The van der Waals surface area contributed by atoms with E-state index >= 15 is 0 Å². The van der Waals surface area contributed by atoms with E-state index < -0.39 is 11.8 Å². The number of anilines is 1. The minimum atomic E-state index is -0.543. The maximum atomic E-state index is 12.5. The molecule has 0 radical (unpaired) electrons. The molecule has 0 atom stereocenters. The van der Waals surface area contributed by atoms with Gasteiger partial charge >= 0.3 is 11.8 Å². The molecule has 4 heteroatoms. The maximum Gasteiger partial charge on any atom is 0.313 e. The summed E-state index contributed by atoms with van der Waals surface area (Å²) in [7, 11) is 0. The zero-order valence-electron chi connectivity index (χ0n) is 15.5. The third-order valence-corrected chi connectivity index (χ3v) is 5.09. The Balaban J connectivity index is 1.52. The predicted octanol–water partition coefficient (Wildman–Crippen LogP) is 3.72. The van der Waals surface area contributed by atoms with Gasteiger partial charge in [-0.2, -0.15) is 0 Å². The maximum absolute atomic E-state index is 12.5. The lowest BCUT2D eigenvalue weighted by Crippen LogP contribution is -2.44. The summed E-state index contributed by atoms with van der Waals surface area (Å²) in [6.07, 6.45) is 2.92. The normalized spacial score (nSPS) is 14.9. The summed E-state index contributed by atoms with van der Waals surface area (Å²) in [4.78, 5) is 26.5. The van der Waals surface area contributed by atoms with Crippen molar-refractivity contribution in [1.29, 1.82) is 0 Å². The van der Waals surface area contributed by atoms with E-state index in [-0.39, 0.29) is 0 Å². The van der Waals surface area contributed by atoms with E-state index in [9.17, 15) is 9.59 Å². The molecular weight excluding hydrogens is 324 g/mol.